The number of hydrogen-bond acceptors (Lipinski definition) is 12. The van der Waals surface area contributed by atoms with Crippen molar-refractivity contribution in [3.63, 3.8) is 0 Å². The van der Waals surface area contributed by atoms with Crippen LogP contribution in [-0.4, -0.2) is 0 Å². The first kappa shape index (κ1) is 54.8. The second-order valence-electron chi connectivity index (χ2n) is 31.5. The Morgan fingerprint density at radius 2 is 0.466 bits per heavy atom. The molecule has 0 saturated carbocycles. The lowest BCUT2D eigenvalue weighted by Gasteiger charge is -2.25. The van der Waals surface area contributed by atoms with Crippen molar-refractivity contribution in [1.29, 1.82) is 0 Å². The average Bonchev–Trinajstić information content (AvgIpc) is 0.713. The molecule has 648 valence electrons. The average molecular weight is 1870 g/mol. The van der Waals surface area contributed by atoms with Gasteiger partial charge >= 0.3 is 0 Å². The minimum absolute atomic E-state index is 0.0143. The molecule has 12 heteroatoms. The van der Waals surface area contributed by atoms with Crippen LogP contribution in [0.5, 0.6) is 69.0 Å². The van der Waals surface area contributed by atoms with Crippen LogP contribution in [0.4, 0.5) is 0 Å². The van der Waals surface area contributed by atoms with Gasteiger partial charge in [0.15, 0.2) is 46.0 Å². The third-order valence-corrected chi connectivity index (χ3v) is 30.9. The summed E-state index contributed by atoms with van der Waals surface area (Å²) in [6.45, 7) is -30.2. The first-order valence-electron chi connectivity index (χ1n) is 59.5. The minimum atomic E-state index is -2.95. The molecule has 0 radical (unpaired) electrons. The van der Waals surface area contributed by atoms with Crippen LogP contribution in [0, 0.1) is 75.4 Å². The summed E-state index contributed by atoms with van der Waals surface area (Å²) in [6.07, 6.45) is -2.00. The second-order valence-corrected chi connectivity index (χ2v) is 38.0. The maximum atomic E-state index is 9.05. The minimum Gasteiger partial charge on any atom is -0.454 e. The Morgan fingerprint density at radius 1 is 0.195 bits per heavy atom. The Hall–Kier alpha value is -13.1. The van der Waals surface area contributed by atoms with Crippen molar-refractivity contribution in [3.8, 4) is 169 Å². The molecule has 0 spiro atoms. The summed E-state index contributed by atoms with van der Waals surface area (Å²) in [4.78, 5) is 10.3. The summed E-state index contributed by atoms with van der Waals surface area (Å²) in [6, 6.07) is 90.4. The lowest BCUT2D eigenvalue weighted by Crippen LogP contribution is -2.01. The van der Waals surface area contributed by atoms with E-state index in [4.69, 9.17) is 76.4 Å². The highest BCUT2D eigenvalue weighted by molar-refractivity contribution is 8.05. The highest BCUT2D eigenvalue weighted by atomic mass is 32.2. The zero-order valence-corrected chi connectivity index (χ0v) is 75.0. The van der Waals surface area contributed by atoms with E-state index in [1.807, 2.05) is 103 Å². The molecule has 18 aromatic carbocycles. The number of benzene rings is 18. The lowest BCUT2D eigenvalue weighted by molar-refractivity contribution is 0.361. The summed E-state index contributed by atoms with van der Waals surface area (Å²) >= 11 is 8.84. The molecule has 0 fully saturated rings. The lowest BCUT2D eigenvalue weighted by atomic mass is 9.84. The highest BCUT2D eigenvalue weighted by Gasteiger charge is 2.32. The molecule has 133 heavy (non-hydrogen) atoms. The molecule has 0 aliphatic carbocycles. The predicted octanol–water partition coefficient (Wildman–Crippen LogP) is 37.6. The van der Waals surface area contributed by atoms with Gasteiger partial charge in [-0.1, -0.05) is 296 Å². The zero-order valence-electron chi connectivity index (χ0n) is 105. The van der Waals surface area contributed by atoms with E-state index in [0.717, 1.165) is 56.2 Å². The molecule has 0 bridgehead atoms. The number of rotatable bonds is 10. The van der Waals surface area contributed by atoms with E-state index in [9.17, 15) is 0 Å². The summed E-state index contributed by atoms with van der Waals surface area (Å²) in [7, 11) is 0. The molecule has 0 atom stereocenters. The van der Waals surface area contributed by atoms with Gasteiger partial charge in [0.2, 0.25) is 0 Å². The van der Waals surface area contributed by atoms with Crippen molar-refractivity contribution < 1.29 is 76.4 Å². The molecule has 6 heterocycles. The highest BCUT2D eigenvalue weighted by Crippen LogP contribution is 2.60. The number of fused-ring (bicyclic) bond motifs is 12. The second kappa shape index (κ2) is 35.4. The molecular formula is C121H92O6S6. The van der Waals surface area contributed by atoms with Crippen LogP contribution in [0.3, 0.4) is 0 Å². The van der Waals surface area contributed by atoms with Crippen molar-refractivity contribution in [2.75, 3.05) is 0 Å². The molecule has 0 amide bonds. The molecule has 18 aromatic rings. The van der Waals surface area contributed by atoms with E-state index in [0.29, 0.717) is 82.9 Å². The van der Waals surface area contributed by atoms with Gasteiger partial charge in [0.1, 0.15) is 23.0 Å². The Kier molecular flexibility index (Phi) is 14.6. The van der Waals surface area contributed by atoms with Gasteiger partial charge in [-0.15, -0.1) is 0 Å². The van der Waals surface area contributed by atoms with Gasteiger partial charge in [-0.05, 0) is 336 Å². The molecule has 0 saturated heterocycles. The first-order valence-corrected chi connectivity index (χ1v) is 46.9. The number of ether oxygens (including phenoxy) is 6. The number of hydrogen-bond donors (Lipinski definition) is 0. The molecule has 24 rings (SSSR count). The maximum Gasteiger partial charge on any atom is 0.177 e. The Bertz CT molecular complexity index is 8460. The van der Waals surface area contributed by atoms with Crippen molar-refractivity contribution >= 4 is 70.6 Å². The van der Waals surface area contributed by atoms with Crippen molar-refractivity contribution in [2.24, 2.45) is 0 Å². The molecule has 6 aliphatic heterocycles. The van der Waals surface area contributed by atoms with Crippen molar-refractivity contribution in [2.45, 2.75) is 147 Å². The van der Waals surface area contributed by atoms with E-state index < -0.39 is 92.9 Å². The van der Waals surface area contributed by atoms with E-state index in [-0.39, 0.29) is 157 Å². The summed E-state index contributed by atoms with van der Waals surface area (Å²) < 4.78 is 342. The quantitative estimate of drug-likeness (QED) is 0.131. The van der Waals surface area contributed by atoms with Crippen LogP contribution < -0.4 is 28.4 Å². The van der Waals surface area contributed by atoms with E-state index in [2.05, 4.69) is 0 Å². The smallest absolute Gasteiger partial charge is 0.177 e. The SMILES string of the molecule is [2H]C([2H])([2H])c1cc(-c2cccc3c2Oc2ccccc2O3)c(C([2H])([2H])[2H])cc1-c1cc(C([2H])([2H])[2H])c(-c2cccc3c2Oc2ccccc2O3)cc1C([2H])([2H])[2H].[2H]C([2H])([2H])c1cc(-c2cccc3c2Oc2ccccc2S3)c(C([2H])([2H])[2H])cc1-c1cc(C([2H])([2H])[2H])c(-c2cccc3c2Oc2ccccc2S3)cc1C([2H])([2H])[2H].[2H]C([2H])([2H])c1ccc(-c2ccc(C([2H])([2H])C)c(-c3cccc4c3Sc3ccccc3S4)c2C([2H])([2H])[2H])c(C([2H])([2H])[2H])c1-c1cccc2c1Sc1ccccc1S2. The molecule has 0 aromatic heterocycles. The van der Waals surface area contributed by atoms with Crippen LogP contribution in [0.25, 0.3) is 100 Å². The van der Waals surface area contributed by atoms with Crippen molar-refractivity contribution in [3.05, 3.63) is 394 Å². The fourth-order valence-electron chi connectivity index (χ4n) is 17.1. The summed E-state index contributed by atoms with van der Waals surface area (Å²) in [5.41, 5.74) is -1.81. The summed E-state index contributed by atoms with van der Waals surface area (Å²) in [5, 5.41) is 0. The van der Waals surface area contributed by atoms with Gasteiger partial charge in [-0.3, -0.25) is 0 Å². The van der Waals surface area contributed by atoms with Crippen LogP contribution in [0.15, 0.2) is 386 Å². The largest absolute Gasteiger partial charge is 0.454 e. The molecular weight excluding hydrogens is 1740 g/mol. The first-order chi connectivity index (χ1) is 78.9. The predicted molar refractivity (Wildman–Crippen MR) is 554 cm³/mol. The molecule has 0 N–H and O–H groups in total. The fourth-order valence-corrected chi connectivity index (χ4v) is 23.9. The third kappa shape index (κ3) is 15.8. The van der Waals surface area contributed by atoms with Gasteiger partial charge in [0, 0.05) is 109 Å². The van der Waals surface area contributed by atoms with Crippen LogP contribution in [-0.2, 0) is 6.37 Å². The third-order valence-electron chi connectivity index (χ3n) is 23.4. The zero-order chi connectivity index (χ0) is 120. The van der Waals surface area contributed by atoms with Crippen LogP contribution in [0.2, 0.25) is 0 Å². The topological polar surface area (TPSA) is 55.4 Å². The van der Waals surface area contributed by atoms with Crippen LogP contribution >= 0.6 is 70.6 Å². The fraction of sp³-hybridized carbons (Fsp3) is 0.107. The number of aryl methyl sites for hydroxylation is 10. The van der Waals surface area contributed by atoms with Crippen LogP contribution in [0.1, 0.15) is 122 Å². The van der Waals surface area contributed by atoms with Crippen molar-refractivity contribution in [1.82, 2.24) is 0 Å². The van der Waals surface area contributed by atoms with Gasteiger partial charge in [-0.2, -0.15) is 0 Å². The summed E-state index contributed by atoms with van der Waals surface area (Å²) in [5.74, 6) is 4.19. The van der Waals surface area contributed by atoms with Gasteiger partial charge in [0.25, 0.3) is 0 Å². The Labute approximate surface area is 853 Å². The van der Waals surface area contributed by atoms with Gasteiger partial charge in [0.05, 0.1) is 19.6 Å². The Balaban J connectivity index is 0.000000139. The van der Waals surface area contributed by atoms with Gasteiger partial charge in [-0.25, -0.2) is 0 Å². The Morgan fingerprint density at radius 3 is 0.842 bits per heavy atom. The monoisotopic (exact) mass is 1870 g/mol. The van der Waals surface area contributed by atoms with Gasteiger partial charge < -0.3 is 28.4 Å². The normalized spacial score (nSPS) is 17.8. The van der Waals surface area contributed by atoms with E-state index >= 15 is 0 Å². The molecule has 6 aliphatic rings. The molecule has 0 unspecified atom stereocenters. The number of para-hydroxylation sites is 10. The standard InChI is InChI=1S/C41H32S4.C40H30O4.C40H30O2S2/c1-5-27-21-23-29(26(4)39(27)31-13-11-19-37-41(31)45-35-17-9-7-15-33(35)43-37)28-22-20-24(2)38(25(28)3)30-12-10-18-36-40(30)44-34-16-8-6-14-32(34)42-36;1-23-21-31(25(3)19-29(23)27-11-9-17-37-39(27)43-35-15-7-5-13-33(35)41-37)32-22-24(2)30(20-26(32)4)28-12-10-18-38-40(28)44-36-16-8-6-14-34(36)42-38;1-23-21-31(25(3)19-29(23)27-11-9-17-37-39(27)41-33-13-5-7-15-35(33)43-37)32-22-24(2)30(20-26(32)4)28-12-10-18-38-40(28)42-34-14-6-8-16-36(34)44-38/h6-23H,5H2,1-4H3;2*5-22H,1-4H3/i2D3,3D3,4D3,5D2;2*1D3,2D3,3D3,4D3. The van der Waals surface area contributed by atoms with E-state index in [1.165, 1.54) is 120 Å². The molecule has 6 nitrogen and oxygen atoms in total. The van der Waals surface area contributed by atoms with E-state index in [1.54, 1.807) is 169 Å². The maximum absolute atomic E-state index is 9.05.